The van der Waals surface area contributed by atoms with Gasteiger partial charge in [0.05, 0.1) is 16.2 Å². The highest BCUT2D eigenvalue weighted by Gasteiger charge is 2.42. The van der Waals surface area contributed by atoms with Gasteiger partial charge in [0, 0.05) is 22.8 Å². The Bertz CT molecular complexity index is 1180. The number of hydrogen-bond donors (Lipinski definition) is 1. The molecule has 3 amide bonds. The van der Waals surface area contributed by atoms with Crippen LogP contribution in [0, 0.1) is 0 Å². The van der Waals surface area contributed by atoms with E-state index >= 15 is 0 Å². The Morgan fingerprint density at radius 3 is 2.65 bits per heavy atom. The molecule has 0 radical (unpaired) electrons. The predicted octanol–water partition coefficient (Wildman–Crippen LogP) is 4.08. The van der Waals surface area contributed by atoms with Crippen LogP contribution in [-0.4, -0.2) is 40.0 Å². The first kappa shape index (κ1) is 21.3. The Balaban J connectivity index is 1.65. The summed E-state index contributed by atoms with van der Waals surface area (Å²) in [6.45, 7) is 3.70. The molecule has 0 saturated carbocycles. The van der Waals surface area contributed by atoms with Crippen molar-refractivity contribution >= 4 is 74.6 Å². The van der Waals surface area contributed by atoms with Gasteiger partial charge in [-0.05, 0) is 24.3 Å². The van der Waals surface area contributed by atoms with Crippen molar-refractivity contribution < 1.29 is 14.4 Å². The van der Waals surface area contributed by atoms with Crippen LogP contribution in [0.25, 0.3) is 5.57 Å². The molecule has 0 unspecified atom stereocenters. The Morgan fingerprint density at radius 2 is 1.90 bits per heavy atom. The summed E-state index contributed by atoms with van der Waals surface area (Å²) in [5.41, 5.74) is 1.96. The molecule has 6 nitrogen and oxygen atoms in total. The maximum atomic E-state index is 13.3. The smallest absolute Gasteiger partial charge is 0.267 e. The first-order chi connectivity index (χ1) is 14.9. The van der Waals surface area contributed by atoms with Crippen molar-refractivity contribution in [3.8, 4) is 0 Å². The van der Waals surface area contributed by atoms with Gasteiger partial charge in [-0.15, -0.1) is 6.58 Å². The number of carbonyl (C=O) groups excluding carboxylic acids is 3. The van der Waals surface area contributed by atoms with Crippen molar-refractivity contribution in [1.82, 2.24) is 4.90 Å². The molecular formula is C22H16ClN3O3S2. The number of thioether (sulfide) groups is 1. The number of nitrogens with zero attached hydrogens (tertiary/aromatic N) is 2. The first-order valence-corrected chi connectivity index (χ1v) is 10.9. The number of fused-ring (bicyclic) bond motifs is 1. The van der Waals surface area contributed by atoms with Crippen molar-refractivity contribution in [1.29, 1.82) is 0 Å². The van der Waals surface area contributed by atoms with Crippen molar-refractivity contribution in [3.63, 3.8) is 0 Å². The molecule has 0 bridgehead atoms. The third kappa shape index (κ3) is 4.01. The molecule has 0 spiro atoms. The van der Waals surface area contributed by atoms with Crippen molar-refractivity contribution in [3.05, 3.63) is 76.7 Å². The van der Waals surface area contributed by atoms with Gasteiger partial charge in [-0.1, -0.05) is 65.9 Å². The molecular weight excluding hydrogens is 454 g/mol. The fraction of sp³-hybridized carbons (Fsp3) is 0.0909. The zero-order valence-electron chi connectivity index (χ0n) is 16.1. The minimum Gasteiger partial charge on any atom is -0.324 e. The summed E-state index contributed by atoms with van der Waals surface area (Å²) in [6.07, 6.45) is 1.58. The van der Waals surface area contributed by atoms with Gasteiger partial charge in [0.15, 0.2) is 0 Å². The Kier molecular flexibility index (Phi) is 5.95. The lowest BCUT2D eigenvalue weighted by Crippen LogP contribution is -2.35. The minimum absolute atomic E-state index is 0.210. The SMILES string of the molecule is C=CCN1C(=O)C(=C2C(=O)N(CC(=O)Nc3cccc(Cl)c3)c3ccccc32)SC1=S. The van der Waals surface area contributed by atoms with Crippen LogP contribution in [0.4, 0.5) is 11.4 Å². The number of halogens is 1. The van der Waals surface area contributed by atoms with Crippen molar-refractivity contribution in [2.45, 2.75) is 0 Å². The van der Waals surface area contributed by atoms with Crippen LogP contribution in [0.1, 0.15) is 5.56 Å². The standard InChI is InChI=1S/C22H16ClN3O3S2/c1-2-10-25-21(29)19(31-22(25)30)18-15-8-3-4-9-16(15)26(20(18)28)12-17(27)24-14-7-5-6-13(23)11-14/h2-9,11H,1,10,12H2,(H,24,27). The van der Waals surface area contributed by atoms with Crippen LogP contribution in [0.2, 0.25) is 5.02 Å². The van der Waals surface area contributed by atoms with E-state index in [1.165, 1.54) is 9.80 Å². The zero-order chi connectivity index (χ0) is 22.1. The number of benzene rings is 2. The van der Waals surface area contributed by atoms with E-state index in [4.69, 9.17) is 23.8 Å². The summed E-state index contributed by atoms with van der Waals surface area (Å²) >= 11 is 12.4. The lowest BCUT2D eigenvalue weighted by Gasteiger charge is -2.17. The molecule has 1 saturated heterocycles. The van der Waals surface area contributed by atoms with Gasteiger partial charge in [0.2, 0.25) is 5.91 Å². The van der Waals surface area contributed by atoms with E-state index in [-0.39, 0.29) is 35.4 Å². The topological polar surface area (TPSA) is 69.7 Å². The van der Waals surface area contributed by atoms with Gasteiger partial charge in [0.1, 0.15) is 10.9 Å². The average Bonchev–Trinajstić information content (AvgIpc) is 3.16. The fourth-order valence-electron chi connectivity index (χ4n) is 3.40. The normalized spacial score (nSPS) is 17.9. The highest BCUT2D eigenvalue weighted by Crippen LogP contribution is 2.44. The second-order valence-corrected chi connectivity index (χ2v) is 8.82. The second-order valence-electron chi connectivity index (χ2n) is 6.74. The maximum Gasteiger partial charge on any atom is 0.267 e. The minimum atomic E-state index is -0.415. The van der Waals surface area contributed by atoms with Gasteiger partial charge < -0.3 is 5.32 Å². The molecule has 4 rings (SSSR count). The predicted molar refractivity (Wildman–Crippen MR) is 128 cm³/mol. The average molecular weight is 470 g/mol. The van der Waals surface area contributed by atoms with E-state index in [1.807, 2.05) is 0 Å². The molecule has 1 fully saturated rings. The molecule has 0 aromatic heterocycles. The Hall–Kier alpha value is -2.94. The van der Waals surface area contributed by atoms with E-state index in [0.717, 1.165) is 11.8 Å². The molecule has 2 aliphatic heterocycles. The highest BCUT2D eigenvalue weighted by molar-refractivity contribution is 8.26. The van der Waals surface area contributed by atoms with E-state index in [2.05, 4.69) is 11.9 Å². The summed E-state index contributed by atoms with van der Waals surface area (Å²) in [4.78, 5) is 41.9. The molecule has 2 aromatic carbocycles. The third-order valence-electron chi connectivity index (χ3n) is 4.72. The first-order valence-electron chi connectivity index (χ1n) is 9.26. The molecule has 2 heterocycles. The summed E-state index contributed by atoms with van der Waals surface area (Å²) in [5, 5.41) is 3.23. The zero-order valence-corrected chi connectivity index (χ0v) is 18.5. The molecule has 31 heavy (non-hydrogen) atoms. The number of para-hydroxylation sites is 1. The molecule has 9 heteroatoms. The molecule has 0 aliphatic carbocycles. The summed E-state index contributed by atoms with van der Waals surface area (Å²) in [5.74, 6) is -1.13. The largest absolute Gasteiger partial charge is 0.324 e. The fourth-order valence-corrected chi connectivity index (χ4v) is 4.94. The van der Waals surface area contributed by atoms with Crippen molar-refractivity contribution in [2.24, 2.45) is 0 Å². The van der Waals surface area contributed by atoms with Gasteiger partial charge in [-0.25, -0.2) is 0 Å². The lowest BCUT2D eigenvalue weighted by atomic mass is 10.1. The number of nitrogens with one attached hydrogen (secondary N) is 1. The van der Waals surface area contributed by atoms with Gasteiger partial charge in [0.25, 0.3) is 11.8 Å². The summed E-state index contributed by atoms with van der Waals surface area (Å²) in [6, 6.07) is 13.8. The number of anilines is 2. The summed E-state index contributed by atoms with van der Waals surface area (Å²) in [7, 11) is 0. The summed E-state index contributed by atoms with van der Waals surface area (Å²) < 4.78 is 0.370. The molecule has 2 aliphatic rings. The van der Waals surface area contributed by atoms with Crippen LogP contribution in [-0.2, 0) is 14.4 Å². The van der Waals surface area contributed by atoms with E-state index in [0.29, 0.717) is 26.3 Å². The second kappa shape index (κ2) is 8.66. The van der Waals surface area contributed by atoms with Crippen LogP contribution < -0.4 is 10.2 Å². The lowest BCUT2D eigenvalue weighted by molar-refractivity contribution is -0.122. The van der Waals surface area contributed by atoms with Gasteiger partial charge in [-0.3, -0.25) is 24.2 Å². The van der Waals surface area contributed by atoms with E-state index < -0.39 is 5.91 Å². The number of amides is 3. The van der Waals surface area contributed by atoms with E-state index in [1.54, 1.807) is 54.6 Å². The van der Waals surface area contributed by atoms with Gasteiger partial charge in [-0.2, -0.15) is 0 Å². The monoisotopic (exact) mass is 469 g/mol. The molecule has 1 N–H and O–H groups in total. The van der Waals surface area contributed by atoms with E-state index in [9.17, 15) is 14.4 Å². The Morgan fingerprint density at radius 1 is 1.13 bits per heavy atom. The molecule has 2 aromatic rings. The number of rotatable bonds is 5. The maximum absolute atomic E-state index is 13.3. The van der Waals surface area contributed by atoms with Crippen LogP contribution in [0.5, 0.6) is 0 Å². The molecule has 0 atom stereocenters. The third-order valence-corrected chi connectivity index (χ3v) is 6.40. The quantitative estimate of drug-likeness (QED) is 0.406. The van der Waals surface area contributed by atoms with Crippen molar-refractivity contribution in [2.75, 3.05) is 23.3 Å². The van der Waals surface area contributed by atoms with Crippen LogP contribution in [0.3, 0.4) is 0 Å². The van der Waals surface area contributed by atoms with Crippen LogP contribution in [0.15, 0.2) is 66.1 Å². The Labute approximate surface area is 193 Å². The number of hydrogen-bond acceptors (Lipinski definition) is 5. The highest BCUT2D eigenvalue weighted by atomic mass is 35.5. The number of thiocarbonyl (C=S) groups is 1. The van der Waals surface area contributed by atoms with Crippen LogP contribution >= 0.6 is 35.6 Å². The molecule has 156 valence electrons. The number of carbonyl (C=O) groups is 3. The van der Waals surface area contributed by atoms with Gasteiger partial charge >= 0.3 is 0 Å².